The summed E-state index contributed by atoms with van der Waals surface area (Å²) in [7, 11) is 0. The molecule has 4 unspecified atom stereocenters. The zero-order chi connectivity index (χ0) is 14.2. The molecule has 2 heteroatoms. The molecule has 1 aliphatic carbocycles. The van der Waals surface area contributed by atoms with Crippen molar-refractivity contribution in [2.45, 2.75) is 66.3 Å². The Hall–Kier alpha value is -0.370. The first-order chi connectivity index (χ1) is 8.78. The second kappa shape index (κ2) is 5.55. The van der Waals surface area contributed by atoms with Crippen LogP contribution in [0.5, 0.6) is 0 Å². The first-order valence-electron chi connectivity index (χ1n) is 8.05. The van der Waals surface area contributed by atoms with Gasteiger partial charge in [-0.2, -0.15) is 0 Å². The smallest absolute Gasteiger partial charge is 0.137 e. The number of carbonyl (C=O) groups excluding carboxylic acids is 1. The van der Waals surface area contributed by atoms with E-state index in [1.54, 1.807) is 0 Å². The van der Waals surface area contributed by atoms with Gasteiger partial charge in [0.2, 0.25) is 0 Å². The fraction of sp³-hybridized carbons (Fsp3) is 0.941. The van der Waals surface area contributed by atoms with Crippen LogP contribution in [-0.2, 0) is 4.79 Å². The van der Waals surface area contributed by atoms with E-state index < -0.39 is 0 Å². The molecule has 2 nitrogen and oxygen atoms in total. The average molecular weight is 265 g/mol. The van der Waals surface area contributed by atoms with E-state index in [9.17, 15) is 4.79 Å². The summed E-state index contributed by atoms with van der Waals surface area (Å²) in [4.78, 5) is 14.8. The molecule has 110 valence electrons. The van der Waals surface area contributed by atoms with E-state index in [4.69, 9.17) is 0 Å². The van der Waals surface area contributed by atoms with Crippen molar-refractivity contribution < 1.29 is 4.79 Å². The molecule has 0 N–H and O–H groups in total. The first-order valence-corrected chi connectivity index (χ1v) is 8.05. The van der Waals surface area contributed by atoms with Crippen molar-refractivity contribution in [3.8, 4) is 0 Å². The number of hydrogen-bond acceptors (Lipinski definition) is 2. The number of Topliss-reactive ketones (excluding diaryl/α,β-unsaturated/α-hetero) is 1. The molecule has 2 fully saturated rings. The molecule has 1 aliphatic heterocycles. The van der Waals surface area contributed by atoms with Crippen LogP contribution in [0.15, 0.2) is 0 Å². The van der Waals surface area contributed by atoms with Gasteiger partial charge in [0.1, 0.15) is 5.78 Å². The molecule has 0 aromatic heterocycles. The molecular weight excluding hydrogens is 234 g/mol. The second-order valence-electron chi connectivity index (χ2n) is 8.04. The largest absolute Gasteiger partial charge is 0.299 e. The topological polar surface area (TPSA) is 20.3 Å². The predicted molar refractivity (Wildman–Crippen MR) is 80.1 cm³/mol. The zero-order valence-electron chi connectivity index (χ0n) is 13.4. The Labute approximate surface area is 118 Å². The summed E-state index contributed by atoms with van der Waals surface area (Å²) in [6, 6.07) is 0.633. The summed E-state index contributed by atoms with van der Waals surface area (Å²) >= 11 is 0. The van der Waals surface area contributed by atoms with Gasteiger partial charge in [-0.1, -0.05) is 27.7 Å². The number of likely N-dealkylation sites (tertiary alicyclic amines) is 1. The van der Waals surface area contributed by atoms with Crippen LogP contribution in [0.25, 0.3) is 0 Å². The molecule has 1 saturated carbocycles. The summed E-state index contributed by atoms with van der Waals surface area (Å²) in [6.07, 6.45) is 4.29. The Balaban J connectivity index is 2.00. The van der Waals surface area contributed by atoms with Crippen molar-refractivity contribution in [3.05, 3.63) is 0 Å². The van der Waals surface area contributed by atoms with E-state index in [0.717, 1.165) is 37.6 Å². The maximum Gasteiger partial charge on any atom is 0.137 e. The molecule has 0 aromatic carbocycles. The van der Waals surface area contributed by atoms with Crippen LogP contribution in [0.4, 0.5) is 0 Å². The highest BCUT2D eigenvalue weighted by atomic mass is 16.1. The Kier molecular flexibility index (Phi) is 4.39. The van der Waals surface area contributed by atoms with E-state index in [2.05, 4.69) is 39.5 Å². The van der Waals surface area contributed by atoms with Crippen molar-refractivity contribution in [2.24, 2.45) is 23.2 Å². The molecule has 1 heterocycles. The third kappa shape index (κ3) is 3.59. The monoisotopic (exact) mass is 265 g/mol. The standard InChI is InChI=1S/C17H31NO/c1-12-8-13(2)14(3)18(10-12)11-15-9-17(4,5)7-6-16(15)19/h12-15H,6-11H2,1-5H3. The maximum absolute atomic E-state index is 12.2. The van der Waals surface area contributed by atoms with Crippen molar-refractivity contribution in [1.29, 1.82) is 0 Å². The highest BCUT2D eigenvalue weighted by Gasteiger charge is 2.37. The lowest BCUT2D eigenvalue weighted by atomic mass is 9.71. The highest BCUT2D eigenvalue weighted by Crippen LogP contribution is 2.38. The SMILES string of the molecule is CC1CC(C)C(C)N(CC2CC(C)(C)CCC2=O)C1. The van der Waals surface area contributed by atoms with Crippen LogP contribution in [0, 0.1) is 23.2 Å². The summed E-state index contributed by atoms with van der Waals surface area (Å²) in [5.41, 5.74) is 0.356. The van der Waals surface area contributed by atoms with Crippen molar-refractivity contribution in [1.82, 2.24) is 4.90 Å². The van der Waals surface area contributed by atoms with Crippen LogP contribution in [0.3, 0.4) is 0 Å². The lowest BCUT2D eigenvalue weighted by Gasteiger charge is -2.44. The van der Waals surface area contributed by atoms with Gasteiger partial charge in [-0.05, 0) is 43.4 Å². The number of piperidine rings is 1. The molecule has 2 aliphatic rings. The predicted octanol–water partition coefficient (Wildman–Crippen LogP) is 3.75. The molecule has 0 amide bonds. The quantitative estimate of drug-likeness (QED) is 0.758. The maximum atomic E-state index is 12.2. The van der Waals surface area contributed by atoms with Gasteiger partial charge in [0.15, 0.2) is 0 Å². The van der Waals surface area contributed by atoms with Gasteiger partial charge in [0.05, 0.1) is 0 Å². The van der Waals surface area contributed by atoms with Crippen LogP contribution in [0.2, 0.25) is 0 Å². The van der Waals surface area contributed by atoms with Crippen LogP contribution in [0.1, 0.15) is 60.3 Å². The molecule has 2 rings (SSSR count). The van der Waals surface area contributed by atoms with Crippen molar-refractivity contribution >= 4 is 5.78 Å². The average Bonchev–Trinajstić information content (AvgIpc) is 2.30. The minimum absolute atomic E-state index is 0.281. The third-order valence-electron chi connectivity index (χ3n) is 5.48. The fourth-order valence-electron chi connectivity index (χ4n) is 4.07. The van der Waals surface area contributed by atoms with Gasteiger partial charge in [0, 0.05) is 31.5 Å². The molecule has 0 aromatic rings. The van der Waals surface area contributed by atoms with Gasteiger partial charge < -0.3 is 0 Å². The van der Waals surface area contributed by atoms with Gasteiger partial charge >= 0.3 is 0 Å². The number of carbonyl (C=O) groups is 1. The normalized spacial score (nSPS) is 40.4. The van der Waals surface area contributed by atoms with Gasteiger partial charge in [-0.3, -0.25) is 9.69 Å². The highest BCUT2D eigenvalue weighted by molar-refractivity contribution is 5.82. The molecule has 0 spiro atoms. The Morgan fingerprint density at radius 2 is 1.95 bits per heavy atom. The lowest BCUT2D eigenvalue weighted by molar-refractivity contribution is -0.128. The Morgan fingerprint density at radius 1 is 1.26 bits per heavy atom. The first kappa shape index (κ1) is 15.0. The van der Waals surface area contributed by atoms with E-state index >= 15 is 0 Å². The van der Waals surface area contributed by atoms with Crippen molar-refractivity contribution in [2.75, 3.05) is 13.1 Å². The third-order valence-corrected chi connectivity index (χ3v) is 5.48. The molecule has 4 atom stereocenters. The molecule has 0 bridgehead atoms. The molecular formula is C17H31NO. The van der Waals surface area contributed by atoms with Crippen LogP contribution < -0.4 is 0 Å². The number of rotatable bonds is 2. The summed E-state index contributed by atoms with van der Waals surface area (Å²) < 4.78 is 0. The van der Waals surface area contributed by atoms with Gasteiger partial charge in [-0.25, -0.2) is 0 Å². The Morgan fingerprint density at radius 3 is 2.63 bits per heavy atom. The van der Waals surface area contributed by atoms with E-state index in [1.807, 2.05) is 0 Å². The zero-order valence-corrected chi connectivity index (χ0v) is 13.4. The molecule has 19 heavy (non-hydrogen) atoms. The Bertz CT molecular complexity index is 336. The fourth-order valence-corrected chi connectivity index (χ4v) is 4.07. The summed E-state index contributed by atoms with van der Waals surface area (Å²) in [5, 5.41) is 0. The van der Waals surface area contributed by atoms with E-state index in [0.29, 0.717) is 17.2 Å². The minimum atomic E-state index is 0.281. The molecule has 0 radical (unpaired) electrons. The summed E-state index contributed by atoms with van der Waals surface area (Å²) in [6.45, 7) is 13.9. The number of hydrogen-bond donors (Lipinski definition) is 0. The van der Waals surface area contributed by atoms with Crippen molar-refractivity contribution in [3.63, 3.8) is 0 Å². The van der Waals surface area contributed by atoms with Crippen LogP contribution in [-0.4, -0.2) is 29.8 Å². The van der Waals surface area contributed by atoms with E-state index in [1.165, 1.54) is 13.0 Å². The van der Waals surface area contributed by atoms with Gasteiger partial charge in [0.25, 0.3) is 0 Å². The number of ketones is 1. The lowest BCUT2D eigenvalue weighted by Crippen LogP contribution is -2.49. The summed E-state index contributed by atoms with van der Waals surface area (Å²) in [5.74, 6) is 2.33. The molecule has 1 saturated heterocycles. The van der Waals surface area contributed by atoms with Gasteiger partial charge in [-0.15, -0.1) is 0 Å². The van der Waals surface area contributed by atoms with E-state index in [-0.39, 0.29) is 5.92 Å². The van der Waals surface area contributed by atoms with Crippen LogP contribution >= 0.6 is 0 Å². The second-order valence-corrected chi connectivity index (χ2v) is 8.04. The minimum Gasteiger partial charge on any atom is -0.299 e. The number of nitrogens with zero attached hydrogens (tertiary/aromatic N) is 1.